The normalized spacial score (nSPS) is 26.3. The molecule has 4 aliphatic rings. The number of likely N-dealkylation sites (tertiary alicyclic amines) is 1. The van der Waals surface area contributed by atoms with Gasteiger partial charge in [0.15, 0.2) is 5.82 Å². The number of fused-ring (bicyclic) bond motifs is 4. The topological polar surface area (TPSA) is 54.4 Å². The van der Waals surface area contributed by atoms with Crippen LogP contribution in [0.25, 0.3) is 22.2 Å². The number of anilines is 1. The lowest BCUT2D eigenvalue weighted by Gasteiger charge is -2.33. The Morgan fingerprint density at radius 3 is 2.68 bits per heavy atom. The number of ether oxygens (including phenoxy) is 1. The number of hydrogen-bond acceptors (Lipinski definition) is 6. The largest absolute Gasteiger partial charge is 0.462 e. The van der Waals surface area contributed by atoms with Crippen LogP contribution in [0.2, 0.25) is 0 Å². The zero-order chi connectivity index (χ0) is 26.0. The smallest absolute Gasteiger partial charge is 0.319 e. The van der Waals surface area contributed by atoms with Crippen LogP contribution < -0.4 is 9.64 Å². The van der Waals surface area contributed by atoms with E-state index in [0.29, 0.717) is 41.1 Å². The lowest BCUT2D eigenvalue weighted by atomic mass is 9.82. The second kappa shape index (κ2) is 9.15. The van der Waals surface area contributed by atoms with Gasteiger partial charge < -0.3 is 14.5 Å². The second-order valence-corrected chi connectivity index (χ2v) is 12.8. The lowest BCUT2D eigenvalue weighted by molar-refractivity contribution is 0.188. The van der Waals surface area contributed by atoms with Crippen LogP contribution in [0.5, 0.6) is 6.01 Å². The highest BCUT2D eigenvalue weighted by Crippen LogP contribution is 2.45. The van der Waals surface area contributed by atoms with Crippen LogP contribution in [0.3, 0.4) is 0 Å². The molecule has 2 saturated heterocycles. The van der Waals surface area contributed by atoms with Gasteiger partial charge in [0, 0.05) is 30.9 Å². The predicted octanol–water partition coefficient (Wildman–Crippen LogP) is 5.76. The summed E-state index contributed by atoms with van der Waals surface area (Å²) in [5.74, 6) is 1.77. The van der Waals surface area contributed by atoms with Gasteiger partial charge in [0.1, 0.15) is 23.6 Å². The highest BCUT2D eigenvalue weighted by Gasteiger charge is 2.36. The number of piperidine rings is 1. The van der Waals surface area contributed by atoms with E-state index in [9.17, 15) is 0 Å². The molecular formula is C31H38FN5O. The number of aryl methyl sites for hydroxylation is 1. The Hall–Kier alpha value is -2.80. The van der Waals surface area contributed by atoms with Crippen molar-refractivity contribution in [3.05, 3.63) is 41.3 Å². The number of rotatable bonds is 5. The Morgan fingerprint density at radius 1 is 1.11 bits per heavy atom. The predicted molar refractivity (Wildman–Crippen MR) is 148 cm³/mol. The van der Waals surface area contributed by atoms with Crippen LogP contribution in [0, 0.1) is 17.7 Å². The van der Waals surface area contributed by atoms with E-state index in [-0.39, 0.29) is 17.2 Å². The molecule has 200 valence electrons. The van der Waals surface area contributed by atoms with Crippen LogP contribution in [0.1, 0.15) is 63.5 Å². The monoisotopic (exact) mass is 515 g/mol. The van der Waals surface area contributed by atoms with Gasteiger partial charge in [0.2, 0.25) is 0 Å². The molecule has 3 atom stereocenters. The Bertz CT molecular complexity index is 1380. The second-order valence-electron chi connectivity index (χ2n) is 12.8. The minimum absolute atomic E-state index is 0.0134. The van der Waals surface area contributed by atoms with E-state index in [4.69, 9.17) is 19.7 Å². The molecular weight excluding hydrogens is 477 g/mol. The van der Waals surface area contributed by atoms with E-state index in [1.165, 1.54) is 36.8 Å². The number of hydrogen-bond donors (Lipinski definition) is 0. The third kappa shape index (κ3) is 4.05. The van der Waals surface area contributed by atoms with Crippen LogP contribution >= 0.6 is 0 Å². The van der Waals surface area contributed by atoms with E-state index in [1.54, 1.807) is 6.20 Å². The minimum Gasteiger partial charge on any atom is -0.462 e. The standard InChI is InChI=1S/C31H38FN5O/c1-31(2)12-11-21-6-4-8-23(25(21)31)27-26(32)28-24(15-33-27)29(37-16-19-9-10-20(14-19)17-37)35-30(34-28)38-18-22-7-5-13-36(22)3/h4,6,8,15,19-20,22H,5,7,9-14,16-18H2,1-3H3/t19?,20?,22-/m0/s1. The molecule has 4 heterocycles. The Kier molecular flexibility index (Phi) is 5.84. The van der Waals surface area contributed by atoms with Gasteiger partial charge in [-0.25, -0.2) is 4.39 Å². The van der Waals surface area contributed by atoms with Crippen molar-refractivity contribution in [2.75, 3.05) is 38.2 Å². The molecule has 0 amide bonds. The molecule has 3 aromatic rings. The molecule has 7 heteroatoms. The van der Waals surface area contributed by atoms with Crippen molar-refractivity contribution in [2.45, 2.75) is 70.3 Å². The molecule has 6 nitrogen and oxygen atoms in total. The van der Waals surface area contributed by atoms with Crippen molar-refractivity contribution in [2.24, 2.45) is 11.8 Å². The summed E-state index contributed by atoms with van der Waals surface area (Å²) < 4.78 is 22.7. The van der Waals surface area contributed by atoms with E-state index < -0.39 is 0 Å². The zero-order valence-electron chi connectivity index (χ0n) is 22.8. The summed E-state index contributed by atoms with van der Waals surface area (Å²) in [6.45, 7) is 8.01. The van der Waals surface area contributed by atoms with E-state index in [0.717, 1.165) is 50.3 Å². The van der Waals surface area contributed by atoms with Gasteiger partial charge in [-0.1, -0.05) is 32.0 Å². The SMILES string of the molecule is CN1CCC[C@H]1COc1nc(N2CC3CCC(C3)C2)c2cnc(-c3cccc4c3C(C)(C)CC4)c(F)c2n1. The Labute approximate surface area is 224 Å². The quantitative estimate of drug-likeness (QED) is 0.430. The summed E-state index contributed by atoms with van der Waals surface area (Å²) in [5, 5.41) is 0.685. The molecule has 0 radical (unpaired) electrons. The van der Waals surface area contributed by atoms with Gasteiger partial charge in [-0.3, -0.25) is 4.98 Å². The van der Waals surface area contributed by atoms with Gasteiger partial charge >= 0.3 is 6.01 Å². The van der Waals surface area contributed by atoms with Crippen molar-refractivity contribution < 1.29 is 9.13 Å². The molecule has 2 aromatic heterocycles. The maximum Gasteiger partial charge on any atom is 0.319 e. The van der Waals surface area contributed by atoms with Gasteiger partial charge in [-0.15, -0.1) is 0 Å². The number of pyridine rings is 1. The van der Waals surface area contributed by atoms with Gasteiger partial charge in [0.25, 0.3) is 0 Å². The van der Waals surface area contributed by atoms with Crippen molar-refractivity contribution >= 4 is 16.7 Å². The minimum atomic E-state index is -0.370. The first-order chi connectivity index (χ1) is 18.4. The maximum atomic E-state index is 16.5. The fraction of sp³-hybridized carbons (Fsp3) is 0.581. The van der Waals surface area contributed by atoms with Crippen molar-refractivity contribution in [3.63, 3.8) is 0 Å². The average molecular weight is 516 g/mol. The van der Waals surface area contributed by atoms with Gasteiger partial charge in [0.05, 0.1) is 5.39 Å². The van der Waals surface area contributed by atoms with Crippen LogP contribution in [0.15, 0.2) is 24.4 Å². The summed E-state index contributed by atoms with van der Waals surface area (Å²) in [6.07, 6.45) is 9.99. The van der Waals surface area contributed by atoms with Gasteiger partial charge in [-0.05, 0) is 86.9 Å². The van der Waals surface area contributed by atoms with Crippen LogP contribution in [0.4, 0.5) is 10.2 Å². The number of likely N-dealkylation sites (N-methyl/N-ethyl adjacent to an activating group) is 1. The number of aromatic nitrogens is 3. The lowest BCUT2D eigenvalue weighted by Crippen LogP contribution is -2.37. The molecule has 2 aliphatic carbocycles. The molecule has 2 unspecified atom stereocenters. The first kappa shape index (κ1) is 24.3. The molecule has 1 saturated carbocycles. The van der Waals surface area contributed by atoms with E-state index >= 15 is 4.39 Å². The van der Waals surface area contributed by atoms with Gasteiger partial charge in [-0.2, -0.15) is 9.97 Å². The molecule has 0 N–H and O–H groups in total. The number of nitrogens with zero attached hydrogens (tertiary/aromatic N) is 5. The highest BCUT2D eigenvalue weighted by atomic mass is 19.1. The molecule has 7 rings (SSSR count). The summed E-state index contributed by atoms with van der Waals surface area (Å²) in [7, 11) is 2.13. The summed E-state index contributed by atoms with van der Waals surface area (Å²) in [6, 6.07) is 6.84. The highest BCUT2D eigenvalue weighted by molar-refractivity contribution is 5.92. The Morgan fingerprint density at radius 2 is 1.92 bits per heavy atom. The molecule has 38 heavy (non-hydrogen) atoms. The fourth-order valence-corrected chi connectivity index (χ4v) is 7.63. The molecule has 3 fully saturated rings. The fourth-order valence-electron chi connectivity index (χ4n) is 7.63. The van der Waals surface area contributed by atoms with Crippen molar-refractivity contribution in [1.29, 1.82) is 0 Å². The Balaban J connectivity index is 1.34. The molecule has 2 bridgehead atoms. The first-order valence-corrected chi connectivity index (χ1v) is 14.4. The first-order valence-electron chi connectivity index (χ1n) is 14.4. The third-order valence-corrected chi connectivity index (χ3v) is 9.73. The number of benzene rings is 1. The van der Waals surface area contributed by atoms with Crippen LogP contribution in [-0.2, 0) is 11.8 Å². The molecule has 2 aliphatic heterocycles. The van der Waals surface area contributed by atoms with E-state index in [2.05, 4.69) is 36.8 Å². The third-order valence-electron chi connectivity index (χ3n) is 9.73. The van der Waals surface area contributed by atoms with Crippen molar-refractivity contribution in [3.8, 4) is 17.3 Å². The average Bonchev–Trinajstić information content (AvgIpc) is 3.58. The van der Waals surface area contributed by atoms with Crippen LogP contribution in [-0.4, -0.2) is 59.2 Å². The summed E-state index contributed by atoms with van der Waals surface area (Å²) in [4.78, 5) is 19.0. The maximum absolute atomic E-state index is 16.5. The molecule has 0 spiro atoms. The zero-order valence-corrected chi connectivity index (χ0v) is 22.8. The summed E-state index contributed by atoms with van der Waals surface area (Å²) in [5.41, 5.74) is 4.09. The molecule has 1 aromatic carbocycles. The summed E-state index contributed by atoms with van der Waals surface area (Å²) >= 11 is 0. The van der Waals surface area contributed by atoms with E-state index in [1.807, 2.05) is 12.1 Å². The number of halogens is 1. The van der Waals surface area contributed by atoms with Crippen molar-refractivity contribution in [1.82, 2.24) is 19.9 Å².